The molecule has 0 fully saturated rings. The highest BCUT2D eigenvalue weighted by atomic mass is 16.5. The average molecular weight is 284 g/mol. The van der Waals surface area contributed by atoms with Gasteiger partial charge < -0.3 is 14.5 Å². The van der Waals surface area contributed by atoms with Gasteiger partial charge in [0, 0.05) is 5.69 Å². The van der Waals surface area contributed by atoms with Crippen molar-refractivity contribution in [2.24, 2.45) is 0 Å². The second-order valence-corrected chi connectivity index (χ2v) is 4.20. The van der Waals surface area contributed by atoms with Gasteiger partial charge in [0.25, 0.3) is 5.91 Å². The molecular formula is C15H12N2O4. The van der Waals surface area contributed by atoms with Gasteiger partial charge in [-0.2, -0.15) is 5.26 Å². The summed E-state index contributed by atoms with van der Waals surface area (Å²) in [6, 6.07) is 9.81. The summed E-state index contributed by atoms with van der Waals surface area (Å²) in [6.45, 7) is 1.23. The highest BCUT2D eigenvalue weighted by Crippen LogP contribution is 2.11. The fraction of sp³-hybridized carbons (Fsp3) is 0.133. The number of benzene rings is 1. The first-order chi connectivity index (χ1) is 10.1. The maximum absolute atomic E-state index is 11.7. The van der Waals surface area contributed by atoms with Gasteiger partial charge in [0.1, 0.15) is 11.3 Å². The molecule has 0 unspecified atom stereocenters. The summed E-state index contributed by atoms with van der Waals surface area (Å²) < 4.78 is 9.87. The molecule has 1 heterocycles. The molecular weight excluding hydrogens is 272 g/mol. The highest BCUT2D eigenvalue weighted by Gasteiger charge is 2.14. The van der Waals surface area contributed by atoms with Gasteiger partial charge in [-0.15, -0.1) is 0 Å². The van der Waals surface area contributed by atoms with Crippen molar-refractivity contribution in [3.8, 4) is 6.07 Å². The highest BCUT2D eigenvalue weighted by molar-refractivity contribution is 5.95. The number of ether oxygens (including phenoxy) is 1. The molecule has 0 saturated carbocycles. The number of nitrogens with zero attached hydrogens (tertiary/aromatic N) is 1. The van der Waals surface area contributed by atoms with Gasteiger partial charge in [0.15, 0.2) is 6.61 Å². The molecule has 0 saturated heterocycles. The Morgan fingerprint density at radius 2 is 2.00 bits per heavy atom. The van der Waals surface area contributed by atoms with E-state index in [0.29, 0.717) is 22.6 Å². The van der Waals surface area contributed by atoms with Crippen molar-refractivity contribution in [3.05, 3.63) is 53.5 Å². The maximum Gasteiger partial charge on any atom is 0.342 e. The standard InChI is InChI=1S/C15H12N2O4/c1-10-13(6-7-20-10)15(19)21-9-14(18)17-12-4-2-11(8-16)3-5-12/h2-7H,9H2,1H3,(H,17,18). The molecule has 21 heavy (non-hydrogen) atoms. The Hall–Kier alpha value is -3.07. The number of carbonyl (C=O) groups excluding carboxylic acids is 2. The van der Waals surface area contributed by atoms with Crippen LogP contribution in [0.2, 0.25) is 0 Å². The molecule has 0 aliphatic carbocycles. The summed E-state index contributed by atoms with van der Waals surface area (Å²) in [4.78, 5) is 23.3. The third-order valence-corrected chi connectivity index (χ3v) is 2.71. The summed E-state index contributed by atoms with van der Waals surface area (Å²) >= 11 is 0. The third kappa shape index (κ3) is 3.70. The van der Waals surface area contributed by atoms with Crippen molar-refractivity contribution >= 4 is 17.6 Å². The van der Waals surface area contributed by atoms with E-state index in [2.05, 4.69) is 5.32 Å². The van der Waals surface area contributed by atoms with Crippen molar-refractivity contribution in [1.29, 1.82) is 5.26 Å². The van der Waals surface area contributed by atoms with Crippen LogP contribution in [0.25, 0.3) is 0 Å². The fourth-order valence-electron chi connectivity index (χ4n) is 1.63. The quantitative estimate of drug-likeness (QED) is 0.869. The van der Waals surface area contributed by atoms with Crippen molar-refractivity contribution in [2.45, 2.75) is 6.92 Å². The Labute approximate surface area is 120 Å². The van der Waals surface area contributed by atoms with Crippen LogP contribution in [0.5, 0.6) is 0 Å². The smallest absolute Gasteiger partial charge is 0.342 e. The number of rotatable bonds is 4. The minimum Gasteiger partial charge on any atom is -0.469 e. The van der Waals surface area contributed by atoms with E-state index in [9.17, 15) is 9.59 Å². The molecule has 0 bridgehead atoms. The van der Waals surface area contributed by atoms with Crippen LogP contribution in [0.3, 0.4) is 0 Å². The molecule has 2 aromatic rings. The lowest BCUT2D eigenvalue weighted by atomic mass is 10.2. The van der Waals surface area contributed by atoms with Crippen molar-refractivity contribution in [3.63, 3.8) is 0 Å². The molecule has 0 aliphatic heterocycles. The van der Waals surface area contributed by atoms with Gasteiger partial charge in [-0.05, 0) is 37.3 Å². The van der Waals surface area contributed by atoms with Crippen LogP contribution in [0, 0.1) is 18.3 Å². The van der Waals surface area contributed by atoms with Crippen LogP contribution in [-0.2, 0) is 9.53 Å². The number of nitrogens with one attached hydrogen (secondary N) is 1. The van der Waals surface area contributed by atoms with E-state index in [1.165, 1.54) is 12.3 Å². The van der Waals surface area contributed by atoms with Crippen LogP contribution in [0.15, 0.2) is 41.0 Å². The predicted molar refractivity (Wildman–Crippen MR) is 73.5 cm³/mol. The zero-order chi connectivity index (χ0) is 15.2. The molecule has 1 aromatic heterocycles. The Kier molecular flexibility index (Phi) is 4.36. The Morgan fingerprint density at radius 1 is 1.29 bits per heavy atom. The normalized spacial score (nSPS) is 9.71. The first-order valence-electron chi connectivity index (χ1n) is 6.11. The van der Waals surface area contributed by atoms with E-state index in [1.54, 1.807) is 31.2 Å². The van der Waals surface area contributed by atoms with Crippen LogP contribution in [-0.4, -0.2) is 18.5 Å². The Balaban J connectivity index is 1.86. The molecule has 0 radical (unpaired) electrons. The first kappa shape index (κ1) is 14.3. The van der Waals surface area contributed by atoms with Crippen molar-refractivity contribution in [1.82, 2.24) is 0 Å². The number of anilines is 1. The largest absolute Gasteiger partial charge is 0.469 e. The van der Waals surface area contributed by atoms with E-state index >= 15 is 0 Å². The van der Waals surface area contributed by atoms with Crippen LogP contribution >= 0.6 is 0 Å². The molecule has 2 rings (SSSR count). The van der Waals surface area contributed by atoms with E-state index in [4.69, 9.17) is 14.4 Å². The Morgan fingerprint density at radius 3 is 2.57 bits per heavy atom. The number of nitriles is 1. The first-order valence-corrected chi connectivity index (χ1v) is 6.11. The number of hydrogen-bond donors (Lipinski definition) is 1. The van der Waals surface area contributed by atoms with Crippen LogP contribution in [0.4, 0.5) is 5.69 Å². The van der Waals surface area contributed by atoms with Gasteiger partial charge in [0.05, 0.1) is 17.9 Å². The van der Waals surface area contributed by atoms with Crippen molar-refractivity contribution < 1.29 is 18.7 Å². The summed E-state index contributed by atoms with van der Waals surface area (Å²) in [5, 5.41) is 11.2. The fourth-order valence-corrected chi connectivity index (χ4v) is 1.63. The van der Waals surface area contributed by atoms with Crippen LogP contribution < -0.4 is 5.32 Å². The SMILES string of the molecule is Cc1occc1C(=O)OCC(=O)Nc1ccc(C#N)cc1. The van der Waals surface area contributed by atoms with Gasteiger partial charge in [-0.25, -0.2) is 4.79 Å². The summed E-state index contributed by atoms with van der Waals surface area (Å²) in [5.74, 6) is -0.641. The van der Waals surface area contributed by atoms with Gasteiger partial charge in [0.2, 0.25) is 0 Å². The topological polar surface area (TPSA) is 92.3 Å². The van der Waals surface area contributed by atoms with E-state index in [1.807, 2.05) is 6.07 Å². The molecule has 106 valence electrons. The zero-order valence-electron chi connectivity index (χ0n) is 11.3. The number of esters is 1. The zero-order valence-corrected chi connectivity index (χ0v) is 11.3. The molecule has 6 nitrogen and oxygen atoms in total. The molecule has 0 aliphatic rings. The molecule has 1 aromatic carbocycles. The monoisotopic (exact) mass is 284 g/mol. The summed E-state index contributed by atoms with van der Waals surface area (Å²) in [6.07, 6.45) is 1.38. The van der Waals surface area contributed by atoms with E-state index < -0.39 is 18.5 Å². The number of carbonyl (C=O) groups is 2. The lowest BCUT2D eigenvalue weighted by Crippen LogP contribution is -2.21. The lowest BCUT2D eigenvalue weighted by molar-refractivity contribution is -0.119. The Bertz CT molecular complexity index is 695. The minimum atomic E-state index is -0.615. The number of aryl methyl sites for hydroxylation is 1. The van der Waals surface area contributed by atoms with Gasteiger partial charge in [-0.1, -0.05) is 0 Å². The lowest BCUT2D eigenvalue weighted by Gasteiger charge is -2.06. The summed E-state index contributed by atoms with van der Waals surface area (Å²) in [7, 11) is 0. The number of furan rings is 1. The molecule has 6 heteroatoms. The average Bonchev–Trinajstić information content (AvgIpc) is 2.92. The van der Waals surface area contributed by atoms with Gasteiger partial charge >= 0.3 is 5.97 Å². The minimum absolute atomic E-state index is 0.293. The van der Waals surface area contributed by atoms with E-state index in [-0.39, 0.29) is 0 Å². The second-order valence-electron chi connectivity index (χ2n) is 4.20. The predicted octanol–water partition coefficient (Wildman–Crippen LogP) is 2.26. The van der Waals surface area contributed by atoms with Crippen LogP contribution in [0.1, 0.15) is 21.7 Å². The van der Waals surface area contributed by atoms with E-state index in [0.717, 1.165) is 0 Å². The molecule has 0 spiro atoms. The molecule has 1 amide bonds. The maximum atomic E-state index is 11.7. The number of hydrogen-bond acceptors (Lipinski definition) is 5. The molecule has 1 N–H and O–H groups in total. The van der Waals surface area contributed by atoms with Crippen molar-refractivity contribution in [2.75, 3.05) is 11.9 Å². The van der Waals surface area contributed by atoms with Gasteiger partial charge in [-0.3, -0.25) is 4.79 Å². The molecule has 0 atom stereocenters. The summed E-state index contributed by atoms with van der Waals surface area (Å²) in [5.41, 5.74) is 1.31. The number of amides is 1. The third-order valence-electron chi connectivity index (χ3n) is 2.71. The second kappa shape index (κ2) is 6.39.